The quantitative estimate of drug-likeness (QED) is 0.401. The highest BCUT2D eigenvalue weighted by atomic mass is 32.2. The Bertz CT molecular complexity index is 799. The molecule has 0 aliphatic rings. The van der Waals surface area contributed by atoms with Gasteiger partial charge in [0.05, 0.1) is 17.1 Å². The standard InChI is InChI=1S/C21H23NOS/c1-16-9-11-18(12-10-16)23-13-5-6-14-24-21-15-17(2)19-7-3-4-8-20(19)22-21/h3-4,7-12,15H,5-6,13-14H2,1-2H3. The zero-order valence-electron chi connectivity index (χ0n) is 14.3. The fourth-order valence-corrected chi connectivity index (χ4v) is 3.58. The molecule has 3 heteroatoms. The van der Waals surface area contributed by atoms with Crippen molar-refractivity contribution in [1.82, 2.24) is 4.98 Å². The second kappa shape index (κ2) is 8.20. The molecule has 3 rings (SSSR count). The van der Waals surface area contributed by atoms with E-state index in [9.17, 15) is 0 Å². The summed E-state index contributed by atoms with van der Waals surface area (Å²) < 4.78 is 5.77. The molecule has 3 aromatic rings. The summed E-state index contributed by atoms with van der Waals surface area (Å²) in [7, 11) is 0. The third-order valence-electron chi connectivity index (χ3n) is 3.98. The third-order valence-corrected chi connectivity index (χ3v) is 4.98. The number of aryl methyl sites for hydroxylation is 2. The van der Waals surface area contributed by atoms with Gasteiger partial charge in [0, 0.05) is 5.39 Å². The molecule has 0 spiro atoms. The minimum absolute atomic E-state index is 0.772. The van der Waals surface area contributed by atoms with Crippen LogP contribution in [0.25, 0.3) is 10.9 Å². The maximum absolute atomic E-state index is 5.77. The van der Waals surface area contributed by atoms with Crippen LogP contribution in [0.1, 0.15) is 24.0 Å². The Kier molecular flexibility index (Phi) is 5.76. The van der Waals surface area contributed by atoms with Crippen molar-refractivity contribution in [1.29, 1.82) is 0 Å². The average Bonchev–Trinajstić information content (AvgIpc) is 2.60. The molecule has 0 N–H and O–H groups in total. The van der Waals surface area contributed by atoms with Gasteiger partial charge in [0.25, 0.3) is 0 Å². The molecule has 0 unspecified atom stereocenters. The van der Waals surface area contributed by atoms with E-state index >= 15 is 0 Å². The number of pyridine rings is 1. The Hall–Kier alpha value is -2.00. The van der Waals surface area contributed by atoms with Crippen molar-refractivity contribution in [3.8, 4) is 5.75 Å². The highest BCUT2D eigenvalue weighted by molar-refractivity contribution is 7.99. The molecule has 0 atom stereocenters. The van der Waals surface area contributed by atoms with Gasteiger partial charge < -0.3 is 4.74 Å². The summed E-state index contributed by atoms with van der Waals surface area (Å²) in [5, 5.41) is 2.36. The lowest BCUT2D eigenvalue weighted by Gasteiger charge is -2.07. The van der Waals surface area contributed by atoms with E-state index in [0.717, 1.165) is 41.5 Å². The second-order valence-corrected chi connectivity index (χ2v) is 7.13. The fourth-order valence-electron chi connectivity index (χ4n) is 2.60. The van der Waals surface area contributed by atoms with Gasteiger partial charge in [-0.3, -0.25) is 0 Å². The van der Waals surface area contributed by atoms with Gasteiger partial charge >= 0.3 is 0 Å². The van der Waals surface area contributed by atoms with Crippen LogP contribution in [0.5, 0.6) is 5.75 Å². The van der Waals surface area contributed by atoms with Crippen molar-refractivity contribution < 1.29 is 4.74 Å². The summed E-state index contributed by atoms with van der Waals surface area (Å²) in [6.45, 7) is 5.01. The molecule has 0 fully saturated rings. The normalized spacial score (nSPS) is 10.9. The average molecular weight is 337 g/mol. The van der Waals surface area contributed by atoms with Crippen LogP contribution in [0, 0.1) is 13.8 Å². The molecule has 0 amide bonds. The number of thioether (sulfide) groups is 1. The minimum Gasteiger partial charge on any atom is -0.494 e. The number of hydrogen-bond acceptors (Lipinski definition) is 3. The first-order valence-electron chi connectivity index (χ1n) is 8.41. The van der Waals surface area contributed by atoms with E-state index in [0.29, 0.717) is 0 Å². The van der Waals surface area contributed by atoms with Gasteiger partial charge in [-0.2, -0.15) is 0 Å². The third kappa shape index (κ3) is 4.51. The molecule has 0 aliphatic heterocycles. The van der Waals surface area contributed by atoms with E-state index < -0.39 is 0 Å². The van der Waals surface area contributed by atoms with Crippen LogP contribution in [0.15, 0.2) is 59.6 Å². The van der Waals surface area contributed by atoms with Crippen LogP contribution in [-0.2, 0) is 0 Å². The Morgan fingerprint density at radius 1 is 0.958 bits per heavy atom. The van der Waals surface area contributed by atoms with Crippen LogP contribution in [0.4, 0.5) is 0 Å². The van der Waals surface area contributed by atoms with E-state index in [2.05, 4.69) is 50.2 Å². The Labute approximate surface area is 148 Å². The summed E-state index contributed by atoms with van der Waals surface area (Å²) in [6.07, 6.45) is 2.19. The van der Waals surface area contributed by atoms with Gasteiger partial charge in [-0.15, -0.1) is 11.8 Å². The molecule has 0 saturated heterocycles. The van der Waals surface area contributed by atoms with Crippen LogP contribution in [-0.4, -0.2) is 17.3 Å². The first-order chi connectivity index (χ1) is 11.7. The molecule has 1 heterocycles. The van der Waals surface area contributed by atoms with Gasteiger partial charge in [0.2, 0.25) is 0 Å². The van der Waals surface area contributed by atoms with E-state index in [4.69, 9.17) is 9.72 Å². The van der Waals surface area contributed by atoms with Gasteiger partial charge in [0.1, 0.15) is 5.75 Å². The molecular formula is C21H23NOS. The summed E-state index contributed by atoms with van der Waals surface area (Å²) in [6, 6.07) is 18.8. The molecule has 2 nitrogen and oxygen atoms in total. The molecule has 0 saturated carbocycles. The number of fused-ring (bicyclic) bond motifs is 1. The van der Waals surface area contributed by atoms with Crippen LogP contribution in [0.3, 0.4) is 0 Å². The molecule has 0 aliphatic carbocycles. The summed E-state index contributed by atoms with van der Waals surface area (Å²) in [5.74, 6) is 2.03. The molecule has 0 radical (unpaired) electrons. The zero-order valence-corrected chi connectivity index (χ0v) is 15.1. The smallest absolute Gasteiger partial charge is 0.119 e. The predicted molar refractivity (Wildman–Crippen MR) is 103 cm³/mol. The lowest BCUT2D eigenvalue weighted by molar-refractivity contribution is 0.310. The van der Waals surface area contributed by atoms with Crippen molar-refractivity contribution in [3.05, 3.63) is 65.7 Å². The van der Waals surface area contributed by atoms with E-state index in [1.54, 1.807) is 0 Å². The molecular weight excluding hydrogens is 314 g/mol. The maximum atomic E-state index is 5.77. The van der Waals surface area contributed by atoms with Crippen molar-refractivity contribution in [2.75, 3.05) is 12.4 Å². The summed E-state index contributed by atoms with van der Waals surface area (Å²) in [5.41, 5.74) is 3.64. The van der Waals surface area contributed by atoms with Gasteiger partial charge in [-0.1, -0.05) is 35.9 Å². The first kappa shape index (κ1) is 16.8. The number of nitrogens with zero attached hydrogens (tertiary/aromatic N) is 1. The lowest BCUT2D eigenvalue weighted by Crippen LogP contribution is -1.98. The largest absolute Gasteiger partial charge is 0.494 e. The molecule has 124 valence electrons. The molecule has 2 aromatic carbocycles. The number of ether oxygens (including phenoxy) is 1. The van der Waals surface area contributed by atoms with Crippen molar-refractivity contribution in [3.63, 3.8) is 0 Å². The number of benzene rings is 2. The fraction of sp³-hybridized carbons (Fsp3) is 0.286. The zero-order chi connectivity index (χ0) is 16.8. The number of para-hydroxylation sites is 1. The van der Waals surface area contributed by atoms with Crippen LogP contribution >= 0.6 is 11.8 Å². The minimum atomic E-state index is 0.772. The maximum Gasteiger partial charge on any atom is 0.119 e. The van der Waals surface area contributed by atoms with Crippen molar-refractivity contribution in [2.24, 2.45) is 0 Å². The van der Waals surface area contributed by atoms with Crippen molar-refractivity contribution >= 4 is 22.7 Å². The highest BCUT2D eigenvalue weighted by Crippen LogP contribution is 2.24. The number of aromatic nitrogens is 1. The Balaban J connectivity index is 1.42. The van der Waals surface area contributed by atoms with Crippen molar-refractivity contribution in [2.45, 2.75) is 31.7 Å². The summed E-state index contributed by atoms with van der Waals surface area (Å²) >= 11 is 1.83. The van der Waals surface area contributed by atoms with Crippen LogP contribution < -0.4 is 4.74 Å². The molecule has 24 heavy (non-hydrogen) atoms. The Morgan fingerprint density at radius 2 is 1.75 bits per heavy atom. The lowest BCUT2D eigenvalue weighted by atomic mass is 10.1. The second-order valence-electron chi connectivity index (χ2n) is 6.01. The number of rotatable bonds is 7. The molecule has 1 aromatic heterocycles. The van der Waals surface area contributed by atoms with E-state index in [1.165, 1.54) is 16.5 Å². The molecule has 0 bridgehead atoms. The predicted octanol–water partition coefficient (Wildman–Crippen LogP) is 5.80. The van der Waals surface area contributed by atoms with Gasteiger partial charge in [0.15, 0.2) is 0 Å². The number of unbranched alkanes of at least 4 members (excludes halogenated alkanes) is 1. The van der Waals surface area contributed by atoms with E-state index in [-0.39, 0.29) is 0 Å². The number of hydrogen-bond donors (Lipinski definition) is 0. The highest BCUT2D eigenvalue weighted by Gasteiger charge is 2.03. The van der Waals surface area contributed by atoms with E-state index in [1.807, 2.05) is 30.0 Å². The summed E-state index contributed by atoms with van der Waals surface area (Å²) in [4.78, 5) is 4.74. The topological polar surface area (TPSA) is 22.1 Å². The van der Waals surface area contributed by atoms with Crippen LogP contribution in [0.2, 0.25) is 0 Å². The Morgan fingerprint density at radius 3 is 2.58 bits per heavy atom. The first-order valence-corrected chi connectivity index (χ1v) is 9.39. The van der Waals surface area contributed by atoms with Gasteiger partial charge in [-0.05, 0) is 62.3 Å². The monoisotopic (exact) mass is 337 g/mol. The SMILES string of the molecule is Cc1ccc(OCCCCSc2cc(C)c3ccccc3n2)cc1. The van der Waals surface area contributed by atoms with Gasteiger partial charge in [-0.25, -0.2) is 4.98 Å².